The van der Waals surface area contributed by atoms with Crippen LogP contribution in [0.5, 0.6) is 0 Å². The van der Waals surface area contributed by atoms with E-state index in [2.05, 4.69) is 10.6 Å². The number of hydrogen-bond donors (Lipinski definition) is 2. The fourth-order valence-electron chi connectivity index (χ4n) is 2.52. The number of nitrogens with zero attached hydrogens (tertiary/aromatic N) is 1. The van der Waals surface area contributed by atoms with Crippen LogP contribution < -0.4 is 10.6 Å². The SMILES string of the molecule is CC(NC(=O)NC1CCOC1)C(=O)N1CCCCC1. The van der Waals surface area contributed by atoms with Gasteiger partial charge in [0, 0.05) is 19.7 Å². The minimum atomic E-state index is -0.472. The number of ether oxygens (including phenoxy) is 1. The number of amides is 3. The van der Waals surface area contributed by atoms with Crippen LogP contribution in [0.1, 0.15) is 32.6 Å². The monoisotopic (exact) mass is 269 g/mol. The molecule has 2 rings (SSSR count). The van der Waals surface area contributed by atoms with Crippen molar-refractivity contribution in [3.63, 3.8) is 0 Å². The molecule has 0 aliphatic carbocycles. The highest BCUT2D eigenvalue weighted by molar-refractivity contribution is 5.86. The van der Waals surface area contributed by atoms with Gasteiger partial charge < -0.3 is 20.3 Å². The summed E-state index contributed by atoms with van der Waals surface area (Å²) in [4.78, 5) is 25.7. The lowest BCUT2D eigenvalue weighted by molar-refractivity contribution is -0.133. The summed E-state index contributed by atoms with van der Waals surface area (Å²) in [5, 5.41) is 5.53. The van der Waals surface area contributed by atoms with E-state index in [1.165, 1.54) is 6.42 Å². The van der Waals surface area contributed by atoms with Gasteiger partial charge in [-0.1, -0.05) is 0 Å². The molecule has 2 aliphatic rings. The van der Waals surface area contributed by atoms with Crippen molar-refractivity contribution >= 4 is 11.9 Å². The maximum absolute atomic E-state index is 12.1. The molecule has 0 saturated carbocycles. The van der Waals surface area contributed by atoms with E-state index >= 15 is 0 Å². The Kier molecular flexibility index (Phi) is 5.01. The number of likely N-dealkylation sites (tertiary alicyclic amines) is 1. The maximum Gasteiger partial charge on any atom is 0.315 e. The lowest BCUT2D eigenvalue weighted by atomic mass is 10.1. The van der Waals surface area contributed by atoms with E-state index in [1.807, 2.05) is 4.90 Å². The lowest BCUT2D eigenvalue weighted by Gasteiger charge is -2.29. The van der Waals surface area contributed by atoms with Crippen molar-refractivity contribution in [2.75, 3.05) is 26.3 Å². The van der Waals surface area contributed by atoms with Crippen molar-refractivity contribution in [2.24, 2.45) is 0 Å². The normalized spacial score (nSPS) is 24.9. The first-order chi connectivity index (χ1) is 9.16. The Morgan fingerprint density at radius 2 is 2.00 bits per heavy atom. The number of carbonyl (C=O) groups is 2. The van der Waals surface area contributed by atoms with Crippen molar-refractivity contribution in [2.45, 2.75) is 44.7 Å². The molecule has 108 valence electrons. The molecule has 2 fully saturated rings. The van der Waals surface area contributed by atoms with Gasteiger partial charge in [0.15, 0.2) is 0 Å². The number of nitrogens with one attached hydrogen (secondary N) is 2. The topological polar surface area (TPSA) is 70.7 Å². The predicted molar refractivity (Wildman–Crippen MR) is 70.8 cm³/mol. The molecule has 0 bridgehead atoms. The molecule has 0 aromatic rings. The largest absolute Gasteiger partial charge is 0.379 e. The highest BCUT2D eigenvalue weighted by Gasteiger charge is 2.24. The molecule has 2 saturated heterocycles. The number of carbonyl (C=O) groups excluding carboxylic acids is 2. The smallest absolute Gasteiger partial charge is 0.315 e. The second-order valence-electron chi connectivity index (χ2n) is 5.29. The molecule has 0 radical (unpaired) electrons. The van der Waals surface area contributed by atoms with Crippen LogP contribution in [-0.4, -0.2) is 55.2 Å². The number of rotatable bonds is 3. The van der Waals surface area contributed by atoms with Crippen LogP contribution in [0, 0.1) is 0 Å². The summed E-state index contributed by atoms with van der Waals surface area (Å²) >= 11 is 0. The first-order valence-corrected chi connectivity index (χ1v) is 7.10. The summed E-state index contributed by atoms with van der Waals surface area (Å²) in [6.07, 6.45) is 4.14. The molecule has 0 aromatic heterocycles. The zero-order valence-electron chi connectivity index (χ0n) is 11.5. The van der Waals surface area contributed by atoms with Crippen LogP contribution in [-0.2, 0) is 9.53 Å². The van der Waals surface area contributed by atoms with Crippen LogP contribution in [0.25, 0.3) is 0 Å². The molecule has 2 unspecified atom stereocenters. The number of piperidine rings is 1. The standard InChI is InChI=1S/C13H23N3O3/c1-10(12(17)16-6-3-2-4-7-16)14-13(18)15-11-5-8-19-9-11/h10-11H,2-9H2,1H3,(H2,14,15,18). The summed E-state index contributed by atoms with van der Waals surface area (Å²) in [7, 11) is 0. The molecule has 19 heavy (non-hydrogen) atoms. The summed E-state index contributed by atoms with van der Waals surface area (Å²) < 4.78 is 5.19. The molecule has 2 aliphatic heterocycles. The molecule has 0 spiro atoms. The van der Waals surface area contributed by atoms with Gasteiger partial charge in [-0.25, -0.2) is 4.79 Å². The van der Waals surface area contributed by atoms with E-state index in [4.69, 9.17) is 4.74 Å². The predicted octanol–water partition coefficient (Wildman–Crippen LogP) is 0.476. The molecular weight excluding hydrogens is 246 g/mol. The van der Waals surface area contributed by atoms with Crippen LogP contribution >= 0.6 is 0 Å². The van der Waals surface area contributed by atoms with E-state index in [0.717, 1.165) is 32.4 Å². The molecule has 0 aromatic carbocycles. The Balaban J connectivity index is 1.73. The maximum atomic E-state index is 12.1. The van der Waals surface area contributed by atoms with Crippen molar-refractivity contribution in [3.8, 4) is 0 Å². The molecule has 2 atom stereocenters. The van der Waals surface area contributed by atoms with Gasteiger partial charge in [-0.3, -0.25) is 4.79 Å². The third-order valence-corrected chi connectivity index (χ3v) is 3.65. The lowest BCUT2D eigenvalue weighted by Crippen LogP contribution is -2.52. The molecule has 2 heterocycles. The Morgan fingerprint density at radius 1 is 1.26 bits per heavy atom. The molecule has 6 heteroatoms. The number of urea groups is 1. The van der Waals surface area contributed by atoms with E-state index in [0.29, 0.717) is 13.2 Å². The molecule has 6 nitrogen and oxygen atoms in total. The molecule has 3 amide bonds. The molecule has 2 N–H and O–H groups in total. The van der Waals surface area contributed by atoms with Gasteiger partial charge in [-0.05, 0) is 32.6 Å². The van der Waals surface area contributed by atoms with Crippen molar-refractivity contribution < 1.29 is 14.3 Å². The van der Waals surface area contributed by atoms with Gasteiger partial charge >= 0.3 is 6.03 Å². The average molecular weight is 269 g/mol. The Morgan fingerprint density at radius 3 is 2.63 bits per heavy atom. The van der Waals surface area contributed by atoms with Crippen molar-refractivity contribution in [3.05, 3.63) is 0 Å². The summed E-state index contributed by atoms with van der Waals surface area (Å²) in [6.45, 7) is 4.60. The zero-order valence-corrected chi connectivity index (χ0v) is 11.5. The minimum Gasteiger partial charge on any atom is -0.379 e. The van der Waals surface area contributed by atoms with Crippen LogP contribution in [0.2, 0.25) is 0 Å². The fraction of sp³-hybridized carbons (Fsp3) is 0.846. The van der Waals surface area contributed by atoms with E-state index in [-0.39, 0.29) is 18.0 Å². The van der Waals surface area contributed by atoms with Crippen LogP contribution in [0.4, 0.5) is 4.79 Å². The Bertz CT molecular complexity index is 323. The fourth-order valence-corrected chi connectivity index (χ4v) is 2.52. The van der Waals surface area contributed by atoms with Crippen LogP contribution in [0.3, 0.4) is 0 Å². The van der Waals surface area contributed by atoms with Gasteiger partial charge in [0.1, 0.15) is 6.04 Å². The zero-order chi connectivity index (χ0) is 13.7. The highest BCUT2D eigenvalue weighted by Crippen LogP contribution is 2.10. The second-order valence-corrected chi connectivity index (χ2v) is 5.29. The number of hydrogen-bond acceptors (Lipinski definition) is 3. The molecular formula is C13H23N3O3. The van der Waals surface area contributed by atoms with E-state index < -0.39 is 6.04 Å². The highest BCUT2D eigenvalue weighted by atomic mass is 16.5. The average Bonchev–Trinajstić information content (AvgIpc) is 2.91. The van der Waals surface area contributed by atoms with E-state index in [9.17, 15) is 9.59 Å². The Labute approximate surface area is 113 Å². The van der Waals surface area contributed by atoms with Gasteiger partial charge in [0.05, 0.1) is 12.6 Å². The second kappa shape index (κ2) is 6.75. The summed E-state index contributed by atoms with van der Waals surface area (Å²) in [5.74, 6) is 0.0116. The summed E-state index contributed by atoms with van der Waals surface area (Å²) in [6, 6.07) is -0.689. The van der Waals surface area contributed by atoms with Crippen molar-refractivity contribution in [1.82, 2.24) is 15.5 Å². The van der Waals surface area contributed by atoms with Crippen LogP contribution in [0.15, 0.2) is 0 Å². The quantitative estimate of drug-likeness (QED) is 0.782. The third kappa shape index (κ3) is 4.09. The van der Waals surface area contributed by atoms with Gasteiger partial charge in [0.2, 0.25) is 5.91 Å². The first-order valence-electron chi connectivity index (χ1n) is 7.10. The van der Waals surface area contributed by atoms with Gasteiger partial charge in [-0.15, -0.1) is 0 Å². The minimum absolute atomic E-state index is 0.0116. The Hall–Kier alpha value is -1.30. The first kappa shape index (κ1) is 14.1. The summed E-state index contributed by atoms with van der Waals surface area (Å²) in [5.41, 5.74) is 0. The van der Waals surface area contributed by atoms with Crippen molar-refractivity contribution in [1.29, 1.82) is 0 Å². The third-order valence-electron chi connectivity index (χ3n) is 3.65. The van der Waals surface area contributed by atoms with E-state index in [1.54, 1.807) is 6.92 Å². The van der Waals surface area contributed by atoms with Gasteiger partial charge in [0.25, 0.3) is 0 Å². The van der Waals surface area contributed by atoms with Gasteiger partial charge in [-0.2, -0.15) is 0 Å².